The van der Waals surface area contributed by atoms with E-state index in [2.05, 4.69) is 0 Å². The highest BCUT2D eigenvalue weighted by Crippen LogP contribution is 2.47. The lowest BCUT2D eigenvalue weighted by Crippen LogP contribution is -2.53. The highest BCUT2D eigenvalue weighted by molar-refractivity contribution is 7.10. The maximum absolute atomic E-state index is 14.3. The Morgan fingerprint density at radius 2 is 1.69 bits per heavy atom. The maximum Gasteiger partial charge on any atom is 0.254 e. The minimum absolute atomic E-state index is 0.0607. The number of amides is 2. The summed E-state index contributed by atoms with van der Waals surface area (Å²) in [6.07, 6.45) is 0. The number of para-hydroxylation sites is 1. The van der Waals surface area contributed by atoms with Crippen molar-refractivity contribution in [3.63, 3.8) is 0 Å². The third kappa shape index (κ3) is 4.07. The number of carbonyl (C=O) groups is 2. The van der Waals surface area contributed by atoms with Gasteiger partial charge in [-0.2, -0.15) is 0 Å². The molecule has 0 saturated carbocycles. The second-order valence-corrected chi connectivity index (χ2v) is 9.89. The summed E-state index contributed by atoms with van der Waals surface area (Å²) in [5.41, 5.74) is 1.62. The van der Waals surface area contributed by atoms with Crippen LogP contribution in [0.15, 0.2) is 53.9 Å². The van der Waals surface area contributed by atoms with E-state index in [1.807, 2.05) is 33.4 Å². The van der Waals surface area contributed by atoms with Gasteiger partial charge in [-0.3, -0.25) is 9.59 Å². The normalized spacial score (nSPS) is 19.8. The molecule has 2 aliphatic rings. The predicted octanol–water partition coefficient (Wildman–Crippen LogP) is 4.16. The van der Waals surface area contributed by atoms with Crippen LogP contribution in [0.5, 0.6) is 11.5 Å². The number of likely N-dealkylation sites (N-methyl/N-ethyl adjacent to an activating group) is 1. The van der Waals surface area contributed by atoms with E-state index in [1.165, 1.54) is 31.6 Å². The summed E-state index contributed by atoms with van der Waals surface area (Å²) >= 11 is 1.52. The number of thiophene rings is 1. The molecule has 2 aliphatic heterocycles. The van der Waals surface area contributed by atoms with Gasteiger partial charge in [0.25, 0.3) is 5.91 Å². The van der Waals surface area contributed by atoms with E-state index in [-0.39, 0.29) is 17.6 Å². The van der Waals surface area contributed by atoms with Gasteiger partial charge in [0.2, 0.25) is 5.91 Å². The molecule has 1 saturated heterocycles. The monoisotopic (exact) mass is 509 g/mol. The van der Waals surface area contributed by atoms with Crippen LogP contribution in [-0.4, -0.2) is 69.1 Å². The number of anilines is 1. The lowest BCUT2D eigenvalue weighted by molar-refractivity contribution is -0.134. The Bertz CT molecular complexity index is 1270. The van der Waals surface area contributed by atoms with E-state index >= 15 is 0 Å². The highest BCUT2D eigenvalue weighted by Gasteiger charge is 2.45. The summed E-state index contributed by atoms with van der Waals surface area (Å²) in [7, 11) is 4.80. The molecule has 0 N–H and O–H groups in total. The summed E-state index contributed by atoms with van der Waals surface area (Å²) in [5.74, 6) is -0.191. The van der Waals surface area contributed by atoms with Crippen LogP contribution >= 0.6 is 11.3 Å². The molecule has 0 bridgehead atoms. The zero-order valence-electron chi connectivity index (χ0n) is 20.4. The molecule has 2 amide bonds. The number of benzene rings is 2. The number of nitrogens with zero attached hydrogens (tertiary/aromatic N) is 3. The maximum atomic E-state index is 14.3. The van der Waals surface area contributed by atoms with Crippen molar-refractivity contribution in [2.45, 2.75) is 12.0 Å². The molecule has 1 fully saturated rings. The van der Waals surface area contributed by atoms with Crippen LogP contribution in [0.3, 0.4) is 0 Å². The molecule has 1 aromatic heterocycles. The first-order chi connectivity index (χ1) is 17.4. The Kier molecular flexibility index (Phi) is 6.57. The molecular formula is C27H28FN3O4S. The fourth-order valence-corrected chi connectivity index (χ4v) is 6.11. The summed E-state index contributed by atoms with van der Waals surface area (Å²) in [5, 5.41) is 1.95. The predicted molar refractivity (Wildman–Crippen MR) is 137 cm³/mol. The molecule has 0 spiro atoms. The average molecular weight is 510 g/mol. The fraction of sp³-hybridized carbons (Fsp3) is 0.333. The van der Waals surface area contributed by atoms with Crippen LogP contribution in [0, 0.1) is 5.82 Å². The molecule has 3 aromatic rings. The Morgan fingerprint density at radius 1 is 1.00 bits per heavy atom. The number of methoxy groups -OCH3 is 2. The van der Waals surface area contributed by atoms with E-state index in [4.69, 9.17) is 9.47 Å². The van der Waals surface area contributed by atoms with Gasteiger partial charge in [0, 0.05) is 43.7 Å². The first kappa shape index (κ1) is 24.1. The van der Waals surface area contributed by atoms with E-state index in [0.717, 1.165) is 4.88 Å². The van der Waals surface area contributed by atoms with Crippen molar-refractivity contribution in [1.29, 1.82) is 0 Å². The first-order valence-electron chi connectivity index (χ1n) is 11.8. The number of rotatable bonds is 5. The molecule has 7 nitrogen and oxygen atoms in total. The van der Waals surface area contributed by atoms with Crippen LogP contribution in [0.2, 0.25) is 0 Å². The number of hydrogen-bond donors (Lipinski definition) is 0. The molecule has 0 radical (unpaired) electrons. The summed E-state index contributed by atoms with van der Waals surface area (Å²) in [6.45, 7) is 1.97. The zero-order chi connectivity index (χ0) is 25.4. The lowest BCUT2D eigenvalue weighted by Gasteiger charge is -2.43. The van der Waals surface area contributed by atoms with Gasteiger partial charge in [0.15, 0.2) is 11.5 Å². The van der Waals surface area contributed by atoms with Gasteiger partial charge in [0.05, 0.1) is 31.9 Å². The SMILES string of the molecule is COc1cc2c(cc1OC)[C@@H](C(=O)N1CCN(c3ccccc3F)CC1)[C@@H](c1cccs1)N(C)C2=O. The molecular weight excluding hydrogens is 481 g/mol. The van der Waals surface area contributed by atoms with Gasteiger partial charge in [-0.15, -0.1) is 11.3 Å². The van der Waals surface area contributed by atoms with E-state index in [1.54, 1.807) is 36.2 Å². The molecule has 5 rings (SSSR count). The summed E-state index contributed by atoms with van der Waals surface area (Å²) in [6, 6.07) is 13.6. The van der Waals surface area contributed by atoms with Crippen LogP contribution in [0.4, 0.5) is 10.1 Å². The van der Waals surface area contributed by atoms with Crippen molar-refractivity contribution in [1.82, 2.24) is 9.80 Å². The van der Waals surface area contributed by atoms with Crippen molar-refractivity contribution in [3.05, 3.63) is 75.7 Å². The van der Waals surface area contributed by atoms with Crippen LogP contribution in [-0.2, 0) is 4.79 Å². The quantitative estimate of drug-likeness (QED) is 0.517. The fourth-order valence-electron chi connectivity index (χ4n) is 5.20. The lowest BCUT2D eigenvalue weighted by atomic mass is 9.81. The minimum Gasteiger partial charge on any atom is -0.493 e. The summed E-state index contributed by atoms with van der Waals surface area (Å²) in [4.78, 5) is 34.0. The smallest absolute Gasteiger partial charge is 0.254 e. The van der Waals surface area contributed by atoms with E-state index in [9.17, 15) is 14.0 Å². The third-order valence-electron chi connectivity index (χ3n) is 7.06. The van der Waals surface area contributed by atoms with Crippen molar-refractivity contribution < 1.29 is 23.5 Å². The number of fused-ring (bicyclic) bond motifs is 1. The number of carbonyl (C=O) groups excluding carboxylic acids is 2. The Labute approximate surface area is 213 Å². The van der Waals surface area contributed by atoms with Crippen LogP contribution in [0.25, 0.3) is 0 Å². The van der Waals surface area contributed by atoms with Gasteiger partial charge < -0.3 is 24.2 Å². The van der Waals surface area contributed by atoms with Crippen LogP contribution in [0.1, 0.15) is 32.8 Å². The van der Waals surface area contributed by atoms with Crippen molar-refractivity contribution in [2.24, 2.45) is 0 Å². The summed E-state index contributed by atoms with van der Waals surface area (Å²) < 4.78 is 25.3. The van der Waals surface area contributed by atoms with Crippen molar-refractivity contribution >= 4 is 28.8 Å². The van der Waals surface area contributed by atoms with Crippen molar-refractivity contribution in [2.75, 3.05) is 52.3 Å². The van der Waals surface area contributed by atoms with Gasteiger partial charge in [-0.05, 0) is 41.3 Å². The number of halogens is 1. The topological polar surface area (TPSA) is 62.3 Å². The molecule has 188 valence electrons. The molecule has 9 heteroatoms. The molecule has 0 aliphatic carbocycles. The minimum atomic E-state index is -0.610. The average Bonchev–Trinajstić information content (AvgIpc) is 3.44. The molecule has 0 unspecified atom stereocenters. The molecule has 2 aromatic carbocycles. The Balaban J connectivity index is 1.51. The largest absolute Gasteiger partial charge is 0.493 e. The van der Waals surface area contributed by atoms with Gasteiger partial charge in [0.1, 0.15) is 5.82 Å². The molecule has 3 heterocycles. The van der Waals surface area contributed by atoms with E-state index < -0.39 is 12.0 Å². The Morgan fingerprint density at radius 3 is 2.33 bits per heavy atom. The number of hydrogen-bond acceptors (Lipinski definition) is 6. The standard InChI is InChI=1S/C27H28FN3O4S/c1-29-25(23-9-6-14-36-23)24(17-15-21(34-2)22(35-3)16-18(17)26(29)32)27(33)31-12-10-30(11-13-31)20-8-5-4-7-19(20)28/h4-9,14-16,24-25H,10-13H2,1-3H3/t24-,25-/m1/s1. The van der Waals surface area contributed by atoms with Gasteiger partial charge in [-0.1, -0.05) is 18.2 Å². The zero-order valence-corrected chi connectivity index (χ0v) is 21.3. The van der Waals surface area contributed by atoms with Crippen LogP contribution < -0.4 is 14.4 Å². The second-order valence-electron chi connectivity index (χ2n) is 8.91. The van der Waals surface area contributed by atoms with Crippen molar-refractivity contribution in [3.8, 4) is 11.5 Å². The van der Waals surface area contributed by atoms with Gasteiger partial charge in [-0.25, -0.2) is 4.39 Å². The molecule has 36 heavy (non-hydrogen) atoms. The second kappa shape index (κ2) is 9.81. The number of ether oxygens (including phenoxy) is 2. The Hall–Kier alpha value is -3.59. The first-order valence-corrected chi connectivity index (χ1v) is 12.7. The number of piperazine rings is 1. The third-order valence-corrected chi connectivity index (χ3v) is 8.00. The highest BCUT2D eigenvalue weighted by atomic mass is 32.1. The van der Waals surface area contributed by atoms with E-state index in [0.29, 0.717) is 54.5 Å². The molecule has 2 atom stereocenters. The van der Waals surface area contributed by atoms with Gasteiger partial charge >= 0.3 is 0 Å².